The summed E-state index contributed by atoms with van der Waals surface area (Å²) >= 11 is 0. The van der Waals surface area contributed by atoms with Gasteiger partial charge in [0, 0.05) is 37.9 Å². The molecule has 1 aromatic carbocycles. The van der Waals surface area contributed by atoms with Gasteiger partial charge in [-0.1, -0.05) is 44.1 Å². The SMILES string of the molecule is Cc1cccc(NC(=O)C2C3C=CC4(O3)C2C(=O)N(CCN2CCOCC2)C4C(=O)NC2CCCCC2C)c1. The Hall–Kier alpha value is -2.75. The quantitative estimate of drug-likeness (QED) is 0.518. The minimum absolute atomic E-state index is 0.0842. The first kappa shape index (κ1) is 26.5. The largest absolute Gasteiger partial charge is 0.379 e. The number of nitrogens with one attached hydrogen (secondary N) is 2. The van der Waals surface area contributed by atoms with E-state index in [9.17, 15) is 14.4 Å². The molecule has 3 amide bonds. The van der Waals surface area contributed by atoms with E-state index in [1.807, 2.05) is 43.3 Å². The van der Waals surface area contributed by atoms with Crippen LogP contribution in [-0.2, 0) is 23.9 Å². The highest BCUT2D eigenvalue weighted by atomic mass is 16.5. The molecule has 6 rings (SSSR count). The molecule has 1 spiro atoms. The lowest BCUT2D eigenvalue weighted by atomic mass is 9.74. The maximum absolute atomic E-state index is 14.1. The Morgan fingerprint density at radius 1 is 1.10 bits per heavy atom. The highest BCUT2D eigenvalue weighted by Crippen LogP contribution is 2.55. The van der Waals surface area contributed by atoms with E-state index in [0.29, 0.717) is 37.9 Å². The fourth-order valence-corrected chi connectivity index (χ4v) is 7.32. The molecule has 4 aliphatic heterocycles. The van der Waals surface area contributed by atoms with E-state index in [-0.39, 0.29) is 23.8 Å². The molecule has 9 heteroatoms. The van der Waals surface area contributed by atoms with Crippen LogP contribution in [0.2, 0.25) is 0 Å². The minimum atomic E-state index is -1.14. The van der Waals surface area contributed by atoms with Crippen molar-refractivity contribution in [2.45, 2.75) is 63.3 Å². The Bertz CT molecular complexity index is 1150. The molecular weight excluding hydrogens is 496 g/mol. The summed E-state index contributed by atoms with van der Waals surface area (Å²) in [5.74, 6) is -1.63. The predicted octanol–water partition coefficient (Wildman–Crippen LogP) is 2.11. The van der Waals surface area contributed by atoms with Gasteiger partial charge in [-0.2, -0.15) is 0 Å². The lowest BCUT2D eigenvalue weighted by Crippen LogP contribution is -2.58. The van der Waals surface area contributed by atoms with E-state index < -0.39 is 29.6 Å². The van der Waals surface area contributed by atoms with E-state index in [0.717, 1.165) is 37.9 Å². The second-order valence-electron chi connectivity index (χ2n) is 11.9. The average Bonchev–Trinajstić information content (AvgIpc) is 3.56. The number of hydrogen-bond acceptors (Lipinski definition) is 6. The predicted molar refractivity (Wildman–Crippen MR) is 146 cm³/mol. The fraction of sp³-hybridized carbons (Fsp3) is 0.633. The van der Waals surface area contributed by atoms with E-state index in [2.05, 4.69) is 22.5 Å². The van der Waals surface area contributed by atoms with Crippen LogP contribution in [0.4, 0.5) is 5.69 Å². The molecule has 2 bridgehead atoms. The van der Waals surface area contributed by atoms with E-state index in [4.69, 9.17) is 9.47 Å². The molecule has 1 saturated carbocycles. The van der Waals surface area contributed by atoms with Crippen molar-refractivity contribution in [2.24, 2.45) is 17.8 Å². The molecule has 39 heavy (non-hydrogen) atoms. The summed E-state index contributed by atoms with van der Waals surface area (Å²) in [7, 11) is 0. The van der Waals surface area contributed by atoms with Crippen LogP contribution >= 0.6 is 0 Å². The maximum Gasteiger partial charge on any atom is 0.246 e. The smallest absolute Gasteiger partial charge is 0.246 e. The number of nitrogens with zero attached hydrogens (tertiary/aromatic N) is 2. The van der Waals surface area contributed by atoms with Gasteiger partial charge in [-0.3, -0.25) is 19.3 Å². The van der Waals surface area contributed by atoms with Crippen molar-refractivity contribution in [3.8, 4) is 0 Å². The number of carbonyl (C=O) groups excluding carboxylic acids is 3. The van der Waals surface area contributed by atoms with E-state index in [1.54, 1.807) is 4.90 Å². The average molecular weight is 537 g/mol. The molecule has 210 valence electrons. The second kappa shape index (κ2) is 10.7. The van der Waals surface area contributed by atoms with Crippen LogP contribution in [-0.4, -0.2) is 90.7 Å². The first-order valence-electron chi connectivity index (χ1n) is 14.5. The summed E-state index contributed by atoms with van der Waals surface area (Å²) in [5.41, 5.74) is 0.591. The van der Waals surface area contributed by atoms with Crippen LogP contribution < -0.4 is 10.6 Å². The molecule has 1 aromatic rings. The molecule has 7 unspecified atom stereocenters. The molecule has 0 aromatic heterocycles. The highest BCUT2D eigenvalue weighted by molar-refractivity contribution is 6.02. The molecule has 5 aliphatic rings. The summed E-state index contributed by atoms with van der Waals surface area (Å²) in [6.07, 6.45) is 7.53. The van der Waals surface area contributed by atoms with Crippen molar-refractivity contribution in [2.75, 3.05) is 44.7 Å². The van der Waals surface area contributed by atoms with Crippen LogP contribution in [0, 0.1) is 24.7 Å². The number of amides is 3. The monoisotopic (exact) mass is 536 g/mol. The summed E-state index contributed by atoms with van der Waals surface area (Å²) in [4.78, 5) is 45.8. The molecule has 9 nitrogen and oxygen atoms in total. The third-order valence-corrected chi connectivity index (χ3v) is 9.41. The first-order chi connectivity index (χ1) is 18.9. The lowest BCUT2D eigenvalue weighted by molar-refractivity contribution is -0.142. The number of morpholine rings is 1. The number of likely N-dealkylation sites (tertiary alicyclic amines) is 1. The molecule has 7 atom stereocenters. The third-order valence-electron chi connectivity index (χ3n) is 9.41. The van der Waals surface area contributed by atoms with Crippen molar-refractivity contribution in [3.63, 3.8) is 0 Å². The molecule has 2 N–H and O–H groups in total. The van der Waals surface area contributed by atoms with Gasteiger partial charge in [-0.25, -0.2) is 0 Å². The van der Waals surface area contributed by atoms with Gasteiger partial charge >= 0.3 is 0 Å². The number of rotatable bonds is 7. The zero-order valence-electron chi connectivity index (χ0n) is 22.9. The minimum Gasteiger partial charge on any atom is -0.379 e. The normalized spacial score (nSPS) is 35.7. The summed E-state index contributed by atoms with van der Waals surface area (Å²) in [6, 6.07) is 6.90. The summed E-state index contributed by atoms with van der Waals surface area (Å²) < 4.78 is 12.0. The van der Waals surface area contributed by atoms with Crippen molar-refractivity contribution in [3.05, 3.63) is 42.0 Å². The summed E-state index contributed by atoms with van der Waals surface area (Å²) in [5, 5.41) is 6.31. The van der Waals surface area contributed by atoms with Crippen molar-refractivity contribution < 1.29 is 23.9 Å². The first-order valence-corrected chi connectivity index (χ1v) is 14.5. The lowest BCUT2D eigenvalue weighted by Gasteiger charge is -2.36. The van der Waals surface area contributed by atoms with Crippen molar-refractivity contribution in [1.82, 2.24) is 15.1 Å². The Labute approximate surface area is 230 Å². The van der Waals surface area contributed by atoms with Crippen LogP contribution in [0.1, 0.15) is 38.2 Å². The van der Waals surface area contributed by atoms with Crippen LogP contribution in [0.25, 0.3) is 0 Å². The van der Waals surface area contributed by atoms with Gasteiger partial charge in [0.25, 0.3) is 0 Å². The molecule has 4 heterocycles. The van der Waals surface area contributed by atoms with Gasteiger partial charge in [0.15, 0.2) is 0 Å². The Kier molecular flexibility index (Phi) is 7.24. The van der Waals surface area contributed by atoms with Crippen molar-refractivity contribution >= 4 is 23.4 Å². The number of anilines is 1. The second-order valence-corrected chi connectivity index (χ2v) is 11.9. The molecule has 0 radical (unpaired) electrons. The summed E-state index contributed by atoms with van der Waals surface area (Å²) in [6.45, 7) is 8.14. The molecule has 4 fully saturated rings. The van der Waals surface area contributed by atoms with Crippen molar-refractivity contribution in [1.29, 1.82) is 0 Å². The molecular formula is C30H40N4O5. The van der Waals surface area contributed by atoms with Crippen LogP contribution in [0.5, 0.6) is 0 Å². The van der Waals surface area contributed by atoms with E-state index >= 15 is 0 Å². The van der Waals surface area contributed by atoms with Gasteiger partial charge < -0.3 is 25.0 Å². The van der Waals surface area contributed by atoms with Crippen LogP contribution in [0.15, 0.2) is 36.4 Å². The van der Waals surface area contributed by atoms with Gasteiger partial charge in [-0.05, 0) is 43.4 Å². The van der Waals surface area contributed by atoms with Gasteiger partial charge in [0.2, 0.25) is 17.7 Å². The number of fused-ring (bicyclic) bond motifs is 1. The standard InChI is InChI=1S/C30H40N4O5/c1-19-6-5-8-21(18-19)31-27(35)24-23-10-11-30(39-23)25(24)29(37)34(13-12-33-14-16-38-17-15-33)26(30)28(36)32-22-9-4-3-7-20(22)2/h5-6,8,10-11,18,20,22-26H,3-4,7,9,12-17H2,1-2H3,(H,31,35)(H,32,36). The number of ether oxygens (including phenoxy) is 2. The Morgan fingerprint density at radius 3 is 2.67 bits per heavy atom. The van der Waals surface area contributed by atoms with E-state index in [1.165, 1.54) is 6.42 Å². The Balaban J connectivity index is 1.27. The molecule has 3 saturated heterocycles. The zero-order chi connectivity index (χ0) is 27.1. The van der Waals surface area contributed by atoms with Gasteiger partial charge in [0.1, 0.15) is 11.6 Å². The number of benzene rings is 1. The van der Waals surface area contributed by atoms with Crippen LogP contribution in [0.3, 0.4) is 0 Å². The molecule has 1 aliphatic carbocycles. The number of aryl methyl sites for hydroxylation is 1. The Morgan fingerprint density at radius 2 is 1.90 bits per heavy atom. The van der Waals surface area contributed by atoms with Gasteiger partial charge in [-0.15, -0.1) is 0 Å². The number of carbonyl (C=O) groups is 3. The zero-order valence-corrected chi connectivity index (χ0v) is 22.9. The topological polar surface area (TPSA) is 100 Å². The van der Waals surface area contributed by atoms with Gasteiger partial charge in [0.05, 0.1) is 31.2 Å². The number of hydrogen-bond donors (Lipinski definition) is 2. The highest BCUT2D eigenvalue weighted by Gasteiger charge is 2.72. The fourth-order valence-electron chi connectivity index (χ4n) is 7.32. The maximum atomic E-state index is 14.1. The third kappa shape index (κ3) is 4.78.